The number of aromatic amines is 1. The summed E-state index contributed by atoms with van der Waals surface area (Å²) in [6.07, 6.45) is 3.32. The minimum absolute atomic E-state index is 0.129. The number of nitrogens with one attached hydrogen (secondary N) is 2. The van der Waals surface area contributed by atoms with Crippen LogP contribution in [0.2, 0.25) is 5.02 Å². The Hall–Kier alpha value is -3.33. The summed E-state index contributed by atoms with van der Waals surface area (Å²) in [5, 5.41) is 25.2. The van der Waals surface area contributed by atoms with E-state index in [1.165, 1.54) is 37.8 Å². The van der Waals surface area contributed by atoms with E-state index in [9.17, 15) is 10.2 Å². The van der Waals surface area contributed by atoms with Crippen LogP contribution in [-0.2, 0) is 0 Å². The van der Waals surface area contributed by atoms with Gasteiger partial charge in [0, 0.05) is 48.5 Å². The number of aromatic nitrogens is 3. The molecule has 38 heavy (non-hydrogen) atoms. The third-order valence-electron chi connectivity index (χ3n) is 7.93. The first-order valence-electron chi connectivity index (χ1n) is 13.1. The van der Waals surface area contributed by atoms with Gasteiger partial charge < -0.3 is 30.3 Å². The third kappa shape index (κ3) is 4.68. The summed E-state index contributed by atoms with van der Waals surface area (Å²) in [4.78, 5) is 17.3. The number of pyridine rings is 1. The molecule has 0 amide bonds. The second-order valence-corrected chi connectivity index (χ2v) is 11.4. The minimum Gasteiger partial charge on any atom is -0.493 e. The lowest BCUT2D eigenvalue weighted by atomic mass is 9.73. The van der Waals surface area contributed by atoms with Gasteiger partial charge in [-0.3, -0.25) is 0 Å². The van der Waals surface area contributed by atoms with Crippen LogP contribution in [0.5, 0.6) is 5.88 Å². The SMILES string of the molecule is Cc1cc(N2CC3(CCCN(C)C3)C2)cc2nc(-c3c(NC[C@H](O)c4cccc(Cl)c4)ccnc3O)[nH]c12. The second-order valence-electron chi connectivity index (χ2n) is 10.9. The van der Waals surface area contributed by atoms with Crippen LogP contribution >= 0.6 is 11.6 Å². The summed E-state index contributed by atoms with van der Waals surface area (Å²) >= 11 is 6.08. The molecule has 2 aliphatic rings. The molecule has 0 saturated carbocycles. The Kier molecular flexibility index (Phi) is 6.42. The van der Waals surface area contributed by atoms with Crippen LogP contribution in [0.4, 0.5) is 11.4 Å². The summed E-state index contributed by atoms with van der Waals surface area (Å²) in [6.45, 7) is 6.82. The zero-order chi connectivity index (χ0) is 26.4. The number of hydrogen-bond donors (Lipinski definition) is 4. The van der Waals surface area contributed by atoms with Crippen molar-refractivity contribution < 1.29 is 10.2 Å². The molecule has 2 saturated heterocycles. The number of imidazole rings is 1. The average Bonchev–Trinajstić information content (AvgIpc) is 3.30. The van der Waals surface area contributed by atoms with Crippen LogP contribution in [-0.4, -0.2) is 69.8 Å². The number of aryl methyl sites for hydroxylation is 1. The molecule has 0 aliphatic carbocycles. The monoisotopic (exact) mass is 532 g/mol. The number of anilines is 2. The Bertz CT molecular complexity index is 1480. The van der Waals surface area contributed by atoms with Crippen molar-refractivity contribution in [1.82, 2.24) is 19.9 Å². The first-order chi connectivity index (χ1) is 18.3. The summed E-state index contributed by atoms with van der Waals surface area (Å²) in [5.41, 5.74) is 6.29. The molecule has 6 rings (SSSR count). The Morgan fingerprint density at radius 1 is 1.18 bits per heavy atom. The molecule has 8 nitrogen and oxygen atoms in total. The lowest BCUT2D eigenvalue weighted by Gasteiger charge is -2.55. The Balaban J connectivity index is 1.25. The van der Waals surface area contributed by atoms with Crippen molar-refractivity contribution in [3.05, 3.63) is 64.8 Å². The van der Waals surface area contributed by atoms with Crippen LogP contribution < -0.4 is 10.2 Å². The number of aromatic hydroxyl groups is 1. The quantitative estimate of drug-likeness (QED) is 0.278. The largest absolute Gasteiger partial charge is 0.493 e. The number of H-pyrrole nitrogens is 1. The molecule has 9 heteroatoms. The summed E-state index contributed by atoms with van der Waals surface area (Å²) in [5.74, 6) is 0.398. The van der Waals surface area contributed by atoms with Crippen LogP contribution in [0.25, 0.3) is 22.4 Å². The van der Waals surface area contributed by atoms with Gasteiger partial charge in [0.2, 0.25) is 5.88 Å². The van der Waals surface area contributed by atoms with Crippen molar-refractivity contribution >= 4 is 34.0 Å². The van der Waals surface area contributed by atoms with Gasteiger partial charge in [-0.05, 0) is 74.8 Å². The van der Waals surface area contributed by atoms with Crippen LogP contribution in [0.1, 0.15) is 30.1 Å². The number of nitrogens with zero attached hydrogens (tertiary/aromatic N) is 4. The van der Waals surface area contributed by atoms with Crippen molar-refractivity contribution in [3.8, 4) is 17.3 Å². The fourth-order valence-electron chi connectivity index (χ4n) is 6.10. The summed E-state index contributed by atoms with van der Waals surface area (Å²) in [6, 6.07) is 13.3. The van der Waals surface area contributed by atoms with E-state index in [0.29, 0.717) is 33.1 Å². The molecule has 2 aliphatic heterocycles. The number of benzene rings is 2. The van der Waals surface area contributed by atoms with E-state index in [2.05, 4.69) is 51.2 Å². The zero-order valence-corrected chi connectivity index (χ0v) is 22.5. The molecule has 0 radical (unpaired) electrons. The predicted molar refractivity (Wildman–Crippen MR) is 152 cm³/mol. The zero-order valence-electron chi connectivity index (χ0n) is 21.7. The lowest BCUT2D eigenvalue weighted by molar-refractivity contribution is 0.0784. The Labute approximate surface area is 227 Å². The Morgan fingerprint density at radius 2 is 2.03 bits per heavy atom. The molecule has 2 aromatic heterocycles. The van der Waals surface area contributed by atoms with E-state index in [-0.39, 0.29) is 12.4 Å². The molecule has 4 aromatic rings. The van der Waals surface area contributed by atoms with Gasteiger partial charge in [0.05, 0.1) is 22.8 Å². The predicted octanol–water partition coefficient (Wildman–Crippen LogP) is 4.97. The fraction of sp³-hybridized carbons (Fsp3) is 0.379. The van der Waals surface area contributed by atoms with Crippen LogP contribution in [0.3, 0.4) is 0 Å². The summed E-state index contributed by atoms with van der Waals surface area (Å²) < 4.78 is 0. The van der Waals surface area contributed by atoms with Gasteiger partial charge in [0.1, 0.15) is 11.4 Å². The highest BCUT2D eigenvalue weighted by Gasteiger charge is 2.45. The van der Waals surface area contributed by atoms with Crippen molar-refractivity contribution in [2.24, 2.45) is 5.41 Å². The van der Waals surface area contributed by atoms with Gasteiger partial charge in [-0.15, -0.1) is 0 Å². The maximum absolute atomic E-state index is 10.7. The van der Waals surface area contributed by atoms with Gasteiger partial charge in [-0.2, -0.15) is 0 Å². The van der Waals surface area contributed by atoms with Gasteiger partial charge >= 0.3 is 0 Å². The minimum atomic E-state index is -0.777. The number of likely N-dealkylation sites (tertiary alicyclic amines) is 1. The highest BCUT2D eigenvalue weighted by Crippen LogP contribution is 2.42. The standard InChI is InChI=1S/C29H33ClN6O2/c1-18-11-21(36-16-29(17-36)8-4-10-35(2)15-29)13-23-26(18)34-27(33-23)25-22(7-9-31-28(25)38)32-14-24(37)19-5-3-6-20(30)12-19/h3,5-7,9,11-13,24,37H,4,8,10,14-17H2,1-2H3,(H,33,34)(H2,31,32,38)/t24-/m0/s1. The van der Waals surface area contributed by atoms with Crippen molar-refractivity contribution in [2.45, 2.75) is 25.9 Å². The van der Waals surface area contributed by atoms with Crippen molar-refractivity contribution in [2.75, 3.05) is 50.0 Å². The molecule has 2 fully saturated rings. The highest BCUT2D eigenvalue weighted by molar-refractivity contribution is 6.30. The van der Waals surface area contributed by atoms with E-state index < -0.39 is 6.10 Å². The normalized spacial score (nSPS) is 18.1. The maximum Gasteiger partial charge on any atom is 0.224 e. The fourth-order valence-corrected chi connectivity index (χ4v) is 6.30. The molecule has 4 N–H and O–H groups in total. The van der Waals surface area contributed by atoms with E-state index >= 15 is 0 Å². The summed E-state index contributed by atoms with van der Waals surface area (Å²) in [7, 11) is 2.22. The van der Waals surface area contributed by atoms with E-state index in [1.807, 2.05) is 12.1 Å². The van der Waals surface area contributed by atoms with E-state index in [4.69, 9.17) is 16.6 Å². The molecule has 0 unspecified atom stereocenters. The number of hydrogen-bond acceptors (Lipinski definition) is 7. The van der Waals surface area contributed by atoms with Crippen LogP contribution in [0.15, 0.2) is 48.7 Å². The molecule has 2 aromatic carbocycles. The number of piperidine rings is 1. The number of aliphatic hydroxyl groups is 1. The van der Waals surface area contributed by atoms with Gasteiger partial charge in [-0.25, -0.2) is 9.97 Å². The molecule has 4 heterocycles. The van der Waals surface area contributed by atoms with Crippen molar-refractivity contribution in [3.63, 3.8) is 0 Å². The van der Waals surface area contributed by atoms with Gasteiger partial charge in [0.25, 0.3) is 0 Å². The van der Waals surface area contributed by atoms with Gasteiger partial charge in [0.15, 0.2) is 0 Å². The molecule has 0 bridgehead atoms. The smallest absolute Gasteiger partial charge is 0.224 e. The topological polar surface area (TPSA) is 101 Å². The third-order valence-corrected chi connectivity index (χ3v) is 8.17. The highest BCUT2D eigenvalue weighted by atomic mass is 35.5. The molecule has 1 spiro atoms. The number of fused-ring (bicyclic) bond motifs is 1. The number of aliphatic hydroxyl groups excluding tert-OH is 1. The lowest BCUT2D eigenvalue weighted by Crippen LogP contribution is -2.62. The molecular weight excluding hydrogens is 500 g/mol. The van der Waals surface area contributed by atoms with Gasteiger partial charge in [-0.1, -0.05) is 23.7 Å². The first kappa shape index (κ1) is 25.0. The molecular formula is C29H33ClN6O2. The second kappa shape index (κ2) is 9.76. The van der Waals surface area contributed by atoms with Crippen molar-refractivity contribution in [1.29, 1.82) is 0 Å². The molecule has 198 valence electrons. The molecule has 1 atom stereocenters. The number of rotatable bonds is 6. The van der Waals surface area contributed by atoms with Crippen LogP contribution in [0, 0.1) is 12.3 Å². The number of halogens is 1. The Morgan fingerprint density at radius 3 is 2.82 bits per heavy atom. The van der Waals surface area contributed by atoms with E-state index in [1.54, 1.807) is 18.2 Å². The maximum atomic E-state index is 10.7. The first-order valence-corrected chi connectivity index (χ1v) is 13.5. The average molecular weight is 533 g/mol. The van der Waals surface area contributed by atoms with E-state index in [0.717, 1.165) is 29.7 Å².